The number of alkyl halides is 9. The predicted octanol–water partition coefficient (Wildman–Crippen LogP) is 10.3. The minimum atomic E-state index is -5.23. The highest BCUT2D eigenvalue weighted by molar-refractivity contribution is 7.99. The van der Waals surface area contributed by atoms with Gasteiger partial charge in [0.25, 0.3) is 0 Å². The van der Waals surface area contributed by atoms with Crippen LogP contribution >= 0.6 is 35.0 Å². The highest BCUT2D eigenvalue weighted by Crippen LogP contribution is 2.42. The highest BCUT2D eigenvalue weighted by atomic mass is 35.5. The van der Waals surface area contributed by atoms with Gasteiger partial charge in [0.2, 0.25) is 0 Å². The van der Waals surface area contributed by atoms with Crippen molar-refractivity contribution in [2.45, 2.75) is 37.8 Å². The summed E-state index contributed by atoms with van der Waals surface area (Å²) in [6.45, 7) is 1.36. The Morgan fingerprint density at radius 1 is 0.974 bits per heavy atom. The lowest BCUT2D eigenvalue weighted by Gasteiger charge is -2.19. The van der Waals surface area contributed by atoms with Crippen molar-refractivity contribution < 1.29 is 53.1 Å². The lowest BCUT2D eigenvalue weighted by molar-refractivity contribution is -0.140. The molecule has 2 atom stereocenters. The summed E-state index contributed by atoms with van der Waals surface area (Å²) in [5.74, 6) is -8.98. The number of hydrogen-bond donors (Lipinski definition) is 0. The maximum absolute atomic E-state index is 14.9. The van der Waals surface area contributed by atoms with E-state index in [0.29, 0.717) is 36.0 Å². The van der Waals surface area contributed by atoms with E-state index in [1.165, 1.54) is 6.92 Å². The van der Waals surface area contributed by atoms with Crippen LogP contribution in [0.25, 0.3) is 5.83 Å². The number of carbonyl (C=O) groups excluding carboxylic acids is 1. The second-order valence-corrected chi connectivity index (χ2v) is 10.3. The van der Waals surface area contributed by atoms with E-state index in [1.54, 1.807) is 0 Å². The lowest BCUT2D eigenvalue weighted by atomic mass is 9.93. The molecule has 2 aromatic carbocycles. The van der Waals surface area contributed by atoms with Gasteiger partial charge in [0.15, 0.2) is 11.6 Å². The third-order valence-electron chi connectivity index (χ3n) is 5.13. The van der Waals surface area contributed by atoms with E-state index in [1.807, 2.05) is 0 Å². The maximum atomic E-state index is 14.9. The Morgan fingerprint density at radius 3 is 2.03 bits per heavy atom. The predicted molar refractivity (Wildman–Crippen MR) is 127 cm³/mol. The Bertz CT molecular complexity index is 1200. The third-order valence-corrected chi connectivity index (χ3v) is 7.02. The van der Waals surface area contributed by atoms with Crippen LogP contribution in [-0.2, 0) is 6.18 Å². The van der Waals surface area contributed by atoms with E-state index in [4.69, 9.17) is 23.2 Å². The maximum Gasteiger partial charge on any atom is 0.417 e. The van der Waals surface area contributed by atoms with E-state index >= 15 is 0 Å². The summed E-state index contributed by atoms with van der Waals surface area (Å²) in [4.78, 5) is 12.5. The normalized spacial score (nSPS) is 14.9. The van der Waals surface area contributed by atoms with Crippen molar-refractivity contribution in [3.05, 3.63) is 74.5 Å². The Hall–Kier alpha value is -1.99. The number of hydrogen-bond acceptors (Lipinski definition) is 2. The van der Waals surface area contributed by atoms with Gasteiger partial charge in [-0.05, 0) is 41.5 Å². The van der Waals surface area contributed by atoms with Crippen molar-refractivity contribution in [3.8, 4) is 0 Å². The molecule has 0 N–H and O–H groups in total. The van der Waals surface area contributed by atoms with Crippen molar-refractivity contribution in [1.29, 1.82) is 0 Å². The van der Waals surface area contributed by atoms with E-state index in [9.17, 15) is 53.1 Å². The van der Waals surface area contributed by atoms with Crippen molar-refractivity contribution >= 4 is 46.6 Å². The first kappa shape index (κ1) is 33.2. The minimum Gasteiger partial charge on any atom is -0.294 e. The molecule has 0 aliphatic heterocycles. The van der Waals surface area contributed by atoms with Crippen LogP contribution in [0.4, 0.5) is 48.3 Å². The van der Waals surface area contributed by atoms with E-state index in [2.05, 4.69) is 0 Å². The van der Waals surface area contributed by atoms with E-state index in [-0.39, 0.29) is 17.9 Å². The molecule has 0 aromatic heterocycles. The Morgan fingerprint density at radius 2 is 1.54 bits per heavy atom. The zero-order chi connectivity index (χ0) is 29.9. The molecule has 15 heteroatoms. The number of halogens is 13. The van der Waals surface area contributed by atoms with Gasteiger partial charge in [-0.15, -0.1) is 0 Å². The number of allylic oxidation sites excluding steroid dienone is 1. The third kappa shape index (κ3) is 9.56. The number of Topliss-reactive ketones (excluding diaryl/α,β-unsaturated/α-hetero) is 1. The summed E-state index contributed by atoms with van der Waals surface area (Å²) in [5.41, 5.74) is -4.29. The van der Waals surface area contributed by atoms with Gasteiger partial charge in [0.05, 0.1) is 21.4 Å². The number of rotatable bonds is 9. The summed E-state index contributed by atoms with van der Waals surface area (Å²) >= 11 is 11.5. The van der Waals surface area contributed by atoms with Gasteiger partial charge in [0, 0.05) is 17.5 Å². The fourth-order valence-corrected chi connectivity index (χ4v) is 4.78. The lowest BCUT2D eigenvalue weighted by Crippen LogP contribution is -2.19. The summed E-state index contributed by atoms with van der Waals surface area (Å²) in [5, 5.41) is -1.59. The minimum absolute atomic E-state index is 0.0448. The molecular formula is C24H17Cl2F11OS. The summed E-state index contributed by atoms with van der Waals surface area (Å²) in [7, 11) is 0. The van der Waals surface area contributed by atoms with Gasteiger partial charge >= 0.3 is 18.5 Å². The van der Waals surface area contributed by atoms with Crippen LogP contribution in [0.5, 0.6) is 0 Å². The van der Waals surface area contributed by atoms with Crippen molar-refractivity contribution in [2.24, 2.45) is 5.92 Å². The fraction of sp³-hybridized carbons (Fsp3) is 0.375. The molecule has 0 aliphatic rings. The van der Waals surface area contributed by atoms with Gasteiger partial charge in [-0.1, -0.05) is 42.3 Å². The molecule has 1 nitrogen and oxygen atoms in total. The van der Waals surface area contributed by atoms with Crippen LogP contribution in [0.1, 0.15) is 46.3 Å². The molecule has 0 saturated carbocycles. The fourth-order valence-electron chi connectivity index (χ4n) is 3.41. The monoisotopic (exact) mass is 632 g/mol. The van der Waals surface area contributed by atoms with Crippen LogP contribution in [0.3, 0.4) is 0 Å². The van der Waals surface area contributed by atoms with Gasteiger partial charge < -0.3 is 0 Å². The molecule has 0 spiro atoms. The zero-order valence-electron chi connectivity index (χ0n) is 19.5. The molecule has 39 heavy (non-hydrogen) atoms. The smallest absolute Gasteiger partial charge is 0.294 e. The Kier molecular flexibility index (Phi) is 10.8. The topological polar surface area (TPSA) is 17.1 Å². The molecule has 2 rings (SSSR count). The first-order valence-corrected chi connectivity index (χ1v) is 12.6. The van der Waals surface area contributed by atoms with Gasteiger partial charge in [-0.2, -0.15) is 51.3 Å². The average molecular weight is 633 g/mol. The Balaban J connectivity index is 2.42. The Labute approximate surface area is 229 Å². The molecule has 1 unspecified atom stereocenters. The second kappa shape index (κ2) is 12.7. The van der Waals surface area contributed by atoms with Crippen molar-refractivity contribution in [2.75, 3.05) is 11.5 Å². The molecule has 2 aromatic rings. The van der Waals surface area contributed by atoms with Crippen LogP contribution in [0.15, 0.2) is 36.4 Å². The van der Waals surface area contributed by atoms with Crippen LogP contribution in [0.2, 0.25) is 10.0 Å². The first-order valence-electron chi connectivity index (χ1n) is 10.7. The van der Waals surface area contributed by atoms with Crippen molar-refractivity contribution in [3.63, 3.8) is 0 Å². The largest absolute Gasteiger partial charge is 0.417 e. The molecule has 0 saturated heterocycles. The van der Waals surface area contributed by atoms with Crippen molar-refractivity contribution in [1.82, 2.24) is 0 Å². The molecule has 216 valence electrons. The zero-order valence-corrected chi connectivity index (χ0v) is 21.8. The van der Waals surface area contributed by atoms with Gasteiger partial charge in [0.1, 0.15) is 11.7 Å². The molecule has 0 radical (unpaired) electrons. The summed E-state index contributed by atoms with van der Waals surface area (Å²) < 4.78 is 147. The molecule has 0 amide bonds. The first-order chi connectivity index (χ1) is 17.7. The molecular weight excluding hydrogens is 616 g/mol. The average Bonchev–Trinajstić information content (AvgIpc) is 2.77. The van der Waals surface area contributed by atoms with Crippen LogP contribution in [0, 0.1) is 11.7 Å². The van der Waals surface area contributed by atoms with Gasteiger partial charge in [-0.25, -0.2) is 8.78 Å². The molecule has 0 heterocycles. The summed E-state index contributed by atoms with van der Waals surface area (Å²) in [6, 6.07) is 2.48. The van der Waals surface area contributed by atoms with Crippen LogP contribution in [-0.4, -0.2) is 29.6 Å². The van der Waals surface area contributed by atoms with E-state index in [0.717, 1.165) is 0 Å². The van der Waals surface area contributed by atoms with E-state index < -0.39 is 92.3 Å². The number of thioether (sulfide) groups is 1. The van der Waals surface area contributed by atoms with Gasteiger partial charge in [-0.3, -0.25) is 4.79 Å². The number of carbonyl (C=O) groups is 1. The molecule has 0 fully saturated rings. The standard InChI is InChI=1S/C24H17Cl2F11OS/c1-11(9-39-10-22(29,30)31)4-20(38)14-3-2-12(5-16(14)24(35,36)37)19(27)8-15(23(32,33)34)13-6-17(25)21(28)18(26)7-13/h2-3,5-8,11,15H,4,9-10H2,1H3/b19-8-/t11-,15?/m0/s1. The number of benzene rings is 2. The highest BCUT2D eigenvalue weighted by Gasteiger charge is 2.41. The van der Waals surface area contributed by atoms with Crippen LogP contribution < -0.4 is 0 Å². The number of ketones is 1. The second-order valence-electron chi connectivity index (χ2n) is 8.45. The SMILES string of the molecule is C[C@H](CSCC(F)(F)F)CC(=O)c1ccc(/C(F)=C/C(c2cc(Cl)c(F)c(Cl)c2)C(F)(F)F)cc1C(F)(F)F. The molecule has 0 aliphatic carbocycles. The quantitative estimate of drug-likeness (QED) is 0.155. The molecule has 0 bridgehead atoms. The summed E-state index contributed by atoms with van der Waals surface area (Å²) in [6.07, 6.45) is -15.5.